The predicted octanol–water partition coefficient (Wildman–Crippen LogP) is 2.87. The highest BCUT2D eigenvalue weighted by atomic mass is 16.5. The van der Waals surface area contributed by atoms with Crippen LogP contribution in [0.3, 0.4) is 0 Å². The second kappa shape index (κ2) is 8.58. The van der Waals surface area contributed by atoms with Crippen LogP contribution in [0.4, 0.5) is 10.5 Å². The van der Waals surface area contributed by atoms with Crippen LogP contribution in [0.5, 0.6) is 17.2 Å². The number of carbonyl (C=O) groups is 2. The Bertz CT molecular complexity index is 714. The molecule has 25 heavy (non-hydrogen) atoms. The van der Waals surface area contributed by atoms with Crippen molar-refractivity contribution in [1.82, 2.24) is 5.32 Å². The van der Waals surface area contributed by atoms with Crippen LogP contribution in [0.2, 0.25) is 0 Å². The predicted molar refractivity (Wildman–Crippen MR) is 94.9 cm³/mol. The molecule has 0 fully saturated rings. The Balaban J connectivity index is 1.93. The number of anilines is 1. The van der Waals surface area contributed by atoms with Gasteiger partial charge in [0.25, 0.3) is 0 Å². The monoisotopic (exact) mass is 343 g/mol. The fourth-order valence-corrected chi connectivity index (χ4v) is 2.04. The van der Waals surface area contributed by atoms with E-state index in [1.54, 1.807) is 31.2 Å². The minimum Gasteiger partial charge on any atom is -0.494 e. The lowest BCUT2D eigenvalue weighted by Crippen LogP contribution is -2.44. The number of hydrogen-bond donors (Lipinski definition) is 3. The molecular formula is C18H21N3O4. The van der Waals surface area contributed by atoms with Gasteiger partial charge in [-0.05, 0) is 62.4 Å². The third-order valence-electron chi connectivity index (χ3n) is 3.24. The third kappa shape index (κ3) is 5.72. The summed E-state index contributed by atoms with van der Waals surface area (Å²) in [6.07, 6.45) is 0. The first kappa shape index (κ1) is 18.1. The van der Waals surface area contributed by atoms with Gasteiger partial charge in [0.15, 0.2) is 0 Å². The van der Waals surface area contributed by atoms with Gasteiger partial charge in [0.05, 0.1) is 6.61 Å². The SMILES string of the molecule is CCOc1ccc(Oc2ccc(NC(=O)[C@@H](C)NC(N)=O)cc2)cc1. The van der Waals surface area contributed by atoms with Crippen molar-refractivity contribution in [3.05, 3.63) is 48.5 Å². The van der Waals surface area contributed by atoms with E-state index in [1.165, 1.54) is 0 Å². The molecule has 0 aliphatic heterocycles. The van der Waals surface area contributed by atoms with Gasteiger partial charge in [-0.15, -0.1) is 0 Å². The van der Waals surface area contributed by atoms with Crippen molar-refractivity contribution in [2.24, 2.45) is 5.73 Å². The maximum Gasteiger partial charge on any atom is 0.312 e. The van der Waals surface area contributed by atoms with Gasteiger partial charge in [-0.2, -0.15) is 0 Å². The standard InChI is InChI=1S/C18H21N3O4/c1-3-24-14-8-10-16(11-9-14)25-15-6-4-13(5-7-15)21-17(22)12(2)20-18(19)23/h4-12H,3H2,1-2H3,(H,21,22)(H3,19,20,23)/t12-/m1/s1. The van der Waals surface area contributed by atoms with Crippen molar-refractivity contribution in [3.63, 3.8) is 0 Å². The number of hydrogen-bond acceptors (Lipinski definition) is 4. The Kier molecular flexibility index (Phi) is 6.22. The van der Waals surface area contributed by atoms with Crippen molar-refractivity contribution < 1.29 is 19.1 Å². The number of ether oxygens (including phenoxy) is 2. The fourth-order valence-electron chi connectivity index (χ4n) is 2.04. The molecule has 0 radical (unpaired) electrons. The van der Waals surface area contributed by atoms with E-state index < -0.39 is 12.1 Å². The maximum atomic E-state index is 11.9. The zero-order valence-corrected chi connectivity index (χ0v) is 14.1. The van der Waals surface area contributed by atoms with Crippen LogP contribution in [0.25, 0.3) is 0 Å². The van der Waals surface area contributed by atoms with E-state index in [4.69, 9.17) is 15.2 Å². The van der Waals surface area contributed by atoms with Crippen molar-refractivity contribution in [1.29, 1.82) is 0 Å². The summed E-state index contributed by atoms with van der Waals surface area (Å²) >= 11 is 0. The summed E-state index contributed by atoms with van der Waals surface area (Å²) in [5, 5.41) is 4.99. The smallest absolute Gasteiger partial charge is 0.312 e. The quantitative estimate of drug-likeness (QED) is 0.719. The summed E-state index contributed by atoms with van der Waals surface area (Å²) < 4.78 is 11.1. The van der Waals surface area contributed by atoms with E-state index in [9.17, 15) is 9.59 Å². The third-order valence-corrected chi connectivity index (χ3v) is 3.24. The Morgan fingerprint density at radius 1 is 1.00 bits per heavy atom. The van der Waals surface area contributed by atoms with Gasteiger partial charge in [-0.25, -0.2) is 4.79 Å². The minimum absolute atomic E-state index is 0.362. The number of urea groups is 1. The van der Waals surface area contributed by atoms with E-state index in [-0.39, 0.29) is 5.91 Å². The van der Waals surface area contributed by atoms with E-state index >= 15 is 0 Å². The van der Waals surface area contributed by atoms with Gasteiger partial charge < -0.3 is 25.8 Å². The average molecular weight is 343 g/mol. The molecule has 2 aromatic rings. The van der Waals surface area contributed by atoms with Crippen LogP contribution >= 0.6 is 0 Å². The summed E-state index contributed by atoms with van der Waals surface area (Å²) in [6, 6.07) is 12.7. The van der Waals surface area contributed by atoms with Crippen LogP contribution in [-0.2, 0) is 4.79 Å². The lowest BCUT2D eigenvalue weighted by molar-refractivity contribution is -0.117. The van der Waals surface area contributed by atoms with E-state index in [2.05, 4.69) is 10.6 Å². The number of benzene rings is 2. The molecule has 0 aromatic heterocycles. The molecule has 2 aromatic carbocycles. The molecule has 7 nitrogen and oxygen atoms in total. The average Bonchev–Trinajstić information content (AvgIpc) is 2.58. The van der Waals surface area contributed by atoms with E-state index in [0.717, 1.165) is 5.75 Å². The Labute approximate surface area is 146 Å². The normalized spacial score (nSPS) is 11.3. The first-order chi connectivity index (χ1) is 12.0. The number of carbonyl (C=O) groups excluding carboxylic acids is 2. The second-order valence-corrected chi connectivity index (χ2v) is 5.25. The topological polar surface area (TPSA) is 103 Å². The van der Waals surface area contributed by atoms with Crippen LogP contribution in [0, 0.1) is 0 Å². The van der Waals surface area contributed by atoms with E-state index in [0.29, 0.717) is 23.8 Å². The molecule has 0 unspecified atom stereocenters. The van der Waals surface area contributed by atoms with Crippen molar-refractivity contribution >= 4 is 17.6 Å². The van der Waals surface area contributed by atoms with Crippen LogP contribution < -0.4 is 25.8 Å². The molecule has 0 aliphatic rings. The largest absolute Gasteiger partial charge is 0.494 e. The van der Waals surface area contributed by atoms with Gasteiger partial charge in [0, 0.05) is 5.69 Å². The number of nitrogens with one attached hydrogen (secondary N) is 2. The summed E-state index contributed by atoms with van der Waals surface area (Å²) in [5.74, 6) is 1.73. The van der Waals surface area contributed by atoms with Crippen molar-refractivity contribution in [2.75, 3.05) is 11.9 Å². The first-order valence-electron chi connectivity index (χ1n) is 7.85. The zero-order chi connectivity index (χ0) is 18.2. The zero-order valence-electron chi connectivity index (χ0n) is 14.1. The highest BCUT2D eigenvalue weighted by Crippen LogP contribution is 2.25. The molecule has 0 spiro atoms. The summed E-state index contributed by atoms with van der Waals surface area (Å²) in [5.41, 5.74) is 5.57. The summed E-state index contributed by atoms with van der Waals surface area (Å²) in [7, 11) is 0. The van der Waals surface area contributed by atoms with Gasteiger partial charge in [0.1, 0.15) is 23.3 Å². The van der Waals surface area contributed by atoms with Gasteiger partial charge in [0.2, 0.25) is 5.91 Å². The molecule has 0 bridgehead atoms. The Morgan fingerprint density at radius 3 is 2.04 bits per heavy atom. The molecule has 0 heterocycles. The first-order valence-corrected chi connectivity index (χ1v) is 7.85. The molecule has 3 amide bonds. The van der Waals surface area contributed by atoms with Gasteiger partial charge in [-0.1, -0.05) is 0 Å². The lowest BCUT2D eigenvalue weighted by Gasteiger charge is -2.13. The molecular weight excluding hydrogens is 322 g/mol. The van der Waals surface area contributed by atoms with Crippen molar-refractivity contribution in [3.8, 4) is 17.2 Å². The molecule has 4 N–H and O–H groups in total. The molecule has 132 valence electrons. The number of primary amides is 1. The highest BCUT2D eigenvalue weighted by Gasteiger charge is 2.13. The maximum absolute atomic E-state index is 11.9. The number of rotatable bonds is 7. The molecule has 0 saturated heterocycles. The number of nitrogens with two attached hydrogens (primary N) is 1. The van der Waals surface area contributed by atoms with Crippen LogP contribution in [-0.4, -0.2) is 24.6 Å². The van der Waals surface area contributed by atoms with Crippen LogP contribution in [0.1, 0.15) is 13.8 Å². The minimum atomic E-state index is -0.748. The summed E-state index contributed by atoms with van der Waals surface area (Å²) in [4.78, 5) is 22.6. The summed E-state index contributed by atoms with van der Waals surface area (Å²) in [6.45, 7) is 4.08. The molecule has 2 rings (SSSR count). The van der Waals surface area contributed by atoms with Crippen LogP contribution in [0.15, 0.2) is 48.5 Å². The van der Waals surface area contributed by atoms with E-state index in [1.807, 2.05) is 31.2 Å². The Hall–Kier alpha value is -3.22. The molecule has 1 atom stereocenters. The van der Waals surface area contributed by atoms with Gasteiger partial charge in [-0.3, -0.25) is 4.79 Å². The Morgan fingerprint density at radius 2 is 1.52 bits per heavy atom. The molecule has 7 heteroatoms. The highest BCUT2D eigenvalue weighted by molar-refractivity contribution is 5.96. The lowest BCUT2D eigenvalue weighted by atomic mass is 10.2. The number of amides is 3. The van der Waals surface area contributed by atoms with Crippen molar-refractivity contribution in [2.45, 2.75) is 19.9 Å². The molecule has 0 saturated carbocycles. The van der Waals surface area contributed by atoms with Gasteiger partial charge >= 0.3 is 6.03 Å². The second-order valence-electron chi connectivity index (χ2n) is 5.25. The fraction of sp³-hybridized carbons (Fsp3) is 0.222. The molecule has 0 aliphatic carbocycles.